The first kappa shape index (κ1) is 10.0. The van der Waals surface area contributed by atoms with Gasteiger partial charge in [-0.15, -0.1) is 21.5 Å². The zero-order chi connectivity index (χ0) is 9.97. The Labute approximate surface area is 88.1 Å². The second-order valence-corrected chi connectivity index (χ2v) is 4.95. The van der Waals surface area contributed by atoms with Gasteiger partial charge in [0.25, 0.3) is 0 Å². The molecule has 1 saturated heterocycles. The Morgan fingerprint density at radius 2 is 2.43 bits per heavy atom. The first-order chi connectivity index (χ1) is 6.75. The minimum absolute atomic E-state index is 0.325. The second kappa shape index (κ2) is 4.33. The van der Waals surface area contributed by atoms with E-state index in [4.69, 9.17) is 0 Å². The molecule has 2 heterocycles. The van der Waals surface area contributed by atoms with Crippen LogP contribution in [0.5, 0.6) is 0 Å². The van der Waals surface area contributed by atoms with E-state index in [9.17, 15) is 0 Å². The van der Waals surface area contributed by atoms with Gasteiger partial charge in [-0.3, -0.25) is 0 Å². The van der Waals surface area contributed by atoms with E-state index in [1.807, 2.05) is 6.92 Å². The van der Waals surface area contributed by atoms with E-state index in [2.05, 4.69) is 27.8 Å². The first-order valence-corrected chi connectivity index (χ1v) is 5.84. The van der Waals surface area contributed by atoms with E-state index in [0.717, 1.165) is 23.1 Å². The molecule has 5 heteroatoms. The third-order valence-electron chi connectivity index (χ3n) is 2.46. The van der Waals surface area contributed by atoms with Crippen LogP contribution in [0.4, 0.5) is 0 Å². The number of rotatable bonds is 3. The van der Waals surface area contributed by atoms with E-state index in [1.54, 1.807) is 11.3 Å². The molecule has 1 aromatic heterocycles. The van der Waals surface area contributed by atoms with E-state index < -0.39 is 0 Å². The summed E-state index contributed by atoms with van der Waals surface area (Å²) in [5.74, 6) is 0. The largest absolute Gasteiger partial charge is 0.315 e. The summed E-state index contributed by atoms with van der Waals surface area (Å²) in [6.07, 6.45) is 1.21. The summed E-state index contributed by atoms with van der Waals surface area (Å²) in [6.45, 7) is 6.34. The molecule has 1 aliphatic heterocycles. The van der Waals surface area contributed by atoms with Crippen LogP contribution in [-0.4, -0.2) is 29.3 Å². The van der Waals surface area contributed by atoms with Gasteiger partial charge in [0.05, 0.1) is 6.04 Å². The fraction of sp³-hybridized carbons (Fsp3) is 0.778. The van der Waals surface area contributed by atoms with Crippen molar-refractivity contribution >= 4 is 11.3 Å². The van der Waals surface area contributed by atoms with Crippen molar-refractivity contribution in [3.63, 3.8) is 0 Å². The molecule has 0 amide bonds. The van der Waals surface area contributed by atoms with Crippen LogP contribution in [0.25, 0.3) is 0 Å². The highest BCUT2D eigenvalue weighted by molar-refractivity contribution is 7.11. The van der Waals surface area contributed by atoms with Gasteiger partial charge in [0.2, 0.25) is 0 Å². The van der Waals surface area contributed by atoms with Crippen LogP contribution < -0.4 is 10.6 Å². The van der Waals surface area contributed by atoms with Crippen LogP contribution >= 0.6 is 11.3 Å². The van der Waals surface area contributed by atoms with Crippen molar-refractivity contribution in [2.45, 2.75) is 32.4 Å². The zero-order valence-corrected chi connectivity index (χ0v) is 9.40. The van der Waals surface area contributed by atoms with Crippen LogP contribution in [-0.2, 0) is 0 Å². The molecule has 2 atom stereocenters. The standard InChI is InChI=1S/C9H16N4S/c1-6(9-13-12-7(2)14-9)11-8-3-4-10-5-8/h6,8,10-11H,3-5H2,1-2H3. The lowest BCUT2D eigenvalue weighted by atomic mass is 10.2. The average molecular weight is 212 g/mol. The fourth-order valence-electron chi connectivity index (χ4n) is 1.71. The molecule has 1 aromatic rings. The minimum Gasteiger partial charge on any atom is -0.315 e. The van der Waals surface area contributed by atoms with Gasteiger partial charge >= 0.3 is 0 Å². The minimum atomic E-state index is 0.325. The van der Waals surface area contributed by atoms with Gasteiger partial charge in [-0.25, -0.2) is 0 Å². The molecule has 1 fully saturated rings. The third kappa shape index (κ3) is 2.29. The van der Waals surface area contributed by atoms with Gasteiger partial charge in [-0.05, 0) is 26.8 Å². The predicted molar refractivity (Wildman–Crippen MR) is 57.5 cm³/mol. The number of hydrogen-bond acceptors (Lipinski definition) is 5. The van der Waals surface area contributed by atoms with Gasteiger partial charge in [-0.1, -0.05) is 0 Å². The van der Waals surface area contributed by atoms with Crippen LogP contribution in [0, 0.1) is 6.92 Å². The van der Waals surface area contributed by atoms with E-state index >= 15 is 0 Å². The molecule has 1 aliphatic rings. The molecule has 14 heavy (non-hydrogen) atoms. The molecular formula is C9H16N4S. The summed E-state index contributed by atoms with van der Waals surface area (Å²) in [7, 11) is 0. The first-order valence-electron chi connectivity index (χ1n) is 5.02. The Kier molecular flexibility index (Phi) is 3.10. The number of aryl methyl sites for hydroxylation is 1. The molecule has 0 radical (unpaired) electrons. The summed E-state index contributed by atoms with van der Waals surface area (Å²) in [4.78, 5) is 0. The van der Waals surface area contributed by atoms with Gasteiger partial charge in [0, 0.05) is 12.6 Å². The van der Waals surface area contributed by atoms with Crippen LogP contribution in [0.15, 0.2) is 0 Å². The summed E-state index contributed by atoms with van der Waals surface area (Å²) in [5, 5.41) is 17.2. The van der Waals surface area contributed by atoms with Crippen LogP contribution in [0.1, 0.15) is 29.4 Å². The van der Waals surface area contributed by atoms with E-state index in [1.165, 1.54) is 6.42 Å². The summed E-state index contributed by atoms with van der Waals surface area (Å²) >= 11 is 1.67. The maximum Gasteiger partial charge on any atom is 0.134 e. The lowest BCUT2D eigenvalue weighted by Gasteiger charge is -2.15. The van der Waals surface area contributed by atoms with Crippen molar-refractivity contribution in [2.75, 3.05) is 13.1 Å². The summed E-state index contributed by atoms with van der Waals surface area (Å²) < 4.78 is 0. The molecular weight excluding hydrogens is 196 g/mol. The molecule has 0 aromatic carbocycles. The summed E-state index contributed by atoms with van der Waals surface area (Å²) in [6, 6.07) is 0.917. The molecule has 0 saturated carbocycles. The molecule has 0 spiro atoms. The average Bonchev–Trinajstić information content (AvgIpc) is 2.75. The fourth-order valence-corrected chi connectivity index (χ4v) is 2.42. The Morgan fingerprint density at radius 1 is 1.57 bits per heavy atom. The summed E-state index contributed by atoms with van der Waals surface area (Å²) in [5.41, 5.74) is 0. The monoisotopic (exact) mass is 212 g/mol. The number of hydrogen-bond donors (Lipinski definition) is 2. The Hall–Kier alpha value is -0.520. The zero-order valence-electron chi connectivity index (χ0n) is 8.58. The topological polar surface area (TPSA) is 49.8 Å². The van der Waals surface area contributed by atoms with E-state index in [0.29, 0.717) is 12.1 Å². The second-order valence-electron chi connectivity index (χ2n) is 3.74. The highest BCUT2D eigenvalue weighted by Gasteiger charge is 2.18. The molecule has 2 unspecified atom stereocenters. The third-order valence-corrected chi connectivity index (χ3v) is 3.48. The molecule has 78 valence electrons. The quantitative estimate of drug-likeness (QED) is 0.780. The maximum atomic E-state index is 4.14. The van der Waals surface area contributed by atoms with Crippen molar-refractivity contribution in [3.05, 3.63) is 10.0 Å². The molecule has 0 bridgehead atoms. The lowest BCUT2D eigenvalue weighted by molar-refractivity contribution is 0.475. The lowest BCUT2D eigenvalue weighted by Crippen LogP contribution is -2.33. The molecule has 2 N–H and O–H groups in total. The van der Waals surface area contributed by atoms with Crippen molar-refractivity contribution < 1.29 is 0 Å². The number of aromatic nitrogens is 2. The van der Waals surface area contributed by atoms with Crippen molar-refractivity contribution in [1.82, 2.24) is 20.8 Å². The smallest absolute Gasteiger partial charge is 0.134 e. The highest BCUT2D eigenvalue weighted by Crippen LogP contribution is 2.18. The van der Waals surface area contributed by atoms with Crippen LogP contribution in [0.3, 0.4) is 0 Å². The molecule has 4 nitrogen and oxygen atoms in total. The number of nitrogens with zero attached hydrogens (tertiary/aromatic N) is 2. The van der Waals surface area contributed by atoms with Gasteiger partial charge < -0.3 is 10.6 Å². The SMILES string of the molecule is Cc1nnc(C(C)NC2CCNC2)s1. The number of nitrogens with one attached hydrogen (secondary N) is 2. The Morgan fingerprint density at radius 3 is 3.00 bits per heavy atom. The van der Waals surface area contributed by atoms with Gasteiger partial charge in [0.1, 0.15) is 10.0 Å². The van der Waals surface area contributed by atoms with Crippen molar-refractivity contribution in [2.24, 2.45) is 0 Å². The Bertz CT molecular complexity index is 293. The Balaban J connectivity index is 1.91. The highest BCUT2D eigenvalue weighted by atomic mass is 32.1. The van der Waals surface area contributed by atoms with E-state index in [-0.39, 0.29) is 0 Å². The predicted octanol–water partition coefficient (Wildman–Crippen LogP) is 0.859. The van der Waals surface area contributed by atoms with Crippen molar-refractivity contribution in [3.8, 4) is 0 Å². The van der Waals surface area contributed by atoms with Gasteiger partial charge in [-0.2, -0.15) is 0 Å². The maximum absolute atomic E-state index is 4.14. The molecule has 2 rings (SSSR count). The molecule has 0 aliphatic carbocycles. The van der Waals surface area contributed by atoms with Gasteiger partial charge in [0.15, 0.2) is 0 Å². The van der Waals surface area contributed by atoms with Crippen LogP contribution in [0.2, 0.25) is 0 Å². The normalized spacial score (nSPS) is 24.0. The van der Waals surface area contributed by atoms with Crippen molar-refractivity contribution in [1.29, 1.82) is 0 Å².